The molecule has 0 spiro atoms. The van der Waals surface area contributed by atoms with E-state index in [1.54, 1.807) is 6.07 Å². The highest BCUT2D eigenvalue weighted by Gasteiger charge is 2.46. The van der Waals surface area contributed by atoms with Crippen LogP contribution in [0.15, 0.2) is 42.0 Å². The van der Waals surface area contributed by atoms with Gasteiger partial charge in [-0.25, -0.2) is 4.39 Å². The summed E-state index contributed by atoms with van der Waals surface area (Å²) in [5, 5.41) is 3.91. The van der Waals surface area contributed by atoms with E-state index in [1.807, 2.05) is 0 Å². The van der Waals surface area contributed by atoms with Gasteiger partial charge >= 0.3 is 0 Å². The van der Waals surface area contributed by atoms with E-state index in [0.717, 1.165) is 31.1 Å². The van der Waals surface area contributed by atoms with Gasteiger partial charge in [0.1, 0.15) is 11.5 Å². The summed E-state index contributed by atoms with van der Waals surface area (Å²) >= 11 is 5.79. The van der Waals surface area contributed by atoms with Gasteiger partial charge in [0.2, 0.25) is 0 Å². The molecule has 2 N–H and O–H groups in total. The van der Waals surface area contributed by atoms with Gasteiger partial charge in [-0.3, -0.25) is 4.79 Å². The summed E-state index contributed by atoms with van der Waals surface area (Å²) < 4.78 is 13.5. The van der Waals surface area contributed by atoms with Crippen molar-refractivity contribution in [1.82, 2.24) is 10.3 Å². The van der Waals surface area contributed by atoms with Crippen molar-refractivity contribution in [2.75, 3.05) is 0 Å². The molecule has 2 aromatic rings. The number of halogens is 2. The monoisotopic (exact) mass is 330 g/mol. The Balaban J connectivity index is 1.60. The number of allylic oxidation sites excluding steroid dienone is 2. The largest absolute Gasteiger partial charge is 0.350 e. The van der Waals surface area contributed by atoms with Crippen molar-refractivity contribution < 1.29 is 9.18 Å². The summed E-state index contributed by atoms with van der Waals surface area (Å²) in [5.74, 6) is -0.667. The molecule has 0 bridgehead atoms. The van der Waals surface area contributed by atoms with Crippen LogP contribution in [0.3, 0.4) is 0 Å². The van der Waals surface area contributed by atoms with Crippen molar-refractivity contribution in [1.29, 1.82) is 0 Å². The predicted octanol–water partition coefficient (Wildman–Crippen LogP) is 4.50. The normalized spacial score (nSPS) is 18.8. The number of hydrogen-bond donors (Lipinski definition) is 2. The highest BCUT2D eigenvalue weighted by Crippen LogP contribution is 2.44. The van der Waals surface area contributed by atoms with Crippen molar-refractivity contribution in [3.63, 3.8) is 0 Å². The predicted molar refractivity (Wildman–Crippen MR) is 89.2 cm³/mol. The van der Waals surface area contributed by atoms with E-state index in [2.05, 4.69) is 28.5 Å². The molecule has 0 atom stereocenters. The average molecular weight is 331 g/mol. The Morgan fingerprint density at radius 2 is 2.09 bits per heavy atom. The first-order valence-electron chi connectivity index (χ1n) is 7.75. The number of H-pyrrole nitrogens is 1. The summed E-state index contributed by atoms with van der Waals surface area (Å²) in [4.78, 5) is 15.5. The van der Waals surface area contributed by atoms with E-state index in [9.17, 15) is 9.18 Å². The lowest BCUT2D eigenvalue weighted by Gasteiger charge is -2.20. The zero-order chi connectivity index (χ0) is 16.0. The molecular weight excluding hydrogens is 315 g/mol. The molecule has 4 rings (SSSR count). The van der Waals surface area contributed by atoms with Crippen molar-refractivity contribution >= 4 is 28.4 Å². The zero-order valence-electron chi connectivity index (χ0n) is 12.5. The Morgan fingerprint density at radius 1 is 1.26 bits per heavy atom. The van der Waals surface area contributed by atoms with Crippen LogP contribution in [0.5, 0.6) is 0 Å². The van der Waals surface area contributed by atoms with Gasteiger partial charge in [-0.05, 0) is 49.5 Å². The minimum absolute atomic E-state index is 0.0552. The molecule has 1 amide bonds. The van der Waals surface area contributed by atoms with Gasteiger partial charge in [0.05, 0.1) is 10.6 Å². The first-order valence-corrected chi connectivity index (χ1v) is 8.13. The molecule has 1 aromatic heterocycles. The minimum atomic E-state index is -0.496. The fourth-order valence-electron chi connectivity index (χ4n) is 3.11. The lowest BCUT2D eigenvalue weighted by Crippen LogP contribution is -2.38. The molecule has 0 aliphatic heterocycles. The molecule has 23 heavy (non-hydrogen) atoms. The molecule has 1 fully saturated rings. The van der Waals surface area contributed by atoms with Crippen molar-refractivity contribution in [2.45, 2.75) is 31.2 Å². The standard InChI is InChI=1S/C18H16ClFN2O/c19-13-8-11-9-16(21-15(11)10-14(13)20)17(23)22-18(6-7-18)12-4-2-1-3-5-12/h2,4-5,8-10,21H,1,3,6-7H2,(H,22,23). The maximum Gasteiger partial charge on any atom is 0.268 e. The molecule has 0 radical (unpaired) electrons. The number of rotatable bonds is 3. The first-order chi connectivity index (χ1) is 11.1. The maximum absolute atomic E-state index is 13.5. The SMILES string of the molecule is O=C(NC1(C2=CCCC=C2)CC1)c1cc2cc(Cl)c(F)cc2[nH]1. The Kier molecular flexibility index (Phi) is 3.31. The second-order valence-electron chi connectivity index (χ2n) is 6.21. The van der Waals surface area contributed by atoms with Crippen LogP contribution in [0, 0.1) is 5.82 Å². The van der Waals surface area contributed by atoms with Crippen molar-refractivity contribution in [3.05, 3.63) is 58.5 Å². The van der Waals surface area contributed by atoms with Gasteiger partial charge in [-0.1, -0.05) is 29.8 Å². The van der Waals surface area contributed by atoms with E-state index in [0.29, 0.717) is 11.2 Å². The van der Waals surface area contributed by atoms with Crippen LogP contribution in [-0.4, -0.2) is 16.4 Å². The quantitative estimate of drug-likeness (QED) is 0.855. The fraction of sp³-hybridized carbons (Fsp3) is 0.278. The van der Waals surface area contributed by atoms with Gasteiger partial charge in [-0.2, -0.15) is 0 Å². The number of fused-ring (bicyclic) bond motifs is 1. The molecule has 0 unspecified atom stereocenters. The van der Waals surface area contributed by atoms with Crippen LogP contribution in [0.2, 0.25) is 5.02 Å². The van der Waals surface area contributed by atoms with E-state index >= 15 is 0 Å². The molecule has 118 valence electrons. The third-order valence-electron chi connectivity index (χ3n) is 4.56. The van der Waals surface area contributed by atoms with Gasteiger partial charge in [0.15, 0.2) is 0 Å². The number of hydrogen-bond acceptors (Lipinski definition) is 1. The van der Waals surface area contributed by atoms with Crippen LogP contribution in [-0.2, 0) is 0 Å². The lowest BCUT2D eigenvalue weighted by atomic mass is 9.98. The second-order valence-corrected chi connectivity index (χ2v) is 6.62. The van der Waals surface area contributed by atoms with Crippen molar-refractivity contribution in [3.8, 4) is 0 Å². The third-order valence-corrected chi connectivity index (χ3v) is 4.85. The molecule has 1 saturated carbocycles. The molecule has 5 heteroatoms. The number of aromatic nitrogens is 1. The van der Waals surface area contributed by atoms with Crippen LogP contribution in [0.25, 0.3) is 10.9 Å². The molecule has 1 heterocycles. The van der Waals surface area contributed by atoms with Crippen LogP contribution < -0.4 is 5.32 Å². The summed E-state index contributed by atoms with van der Waals surface area (Å²) in [7, 11) is 0. The third kappa shape index (κ3) is 2.57. The number of carbonyl (C=O) groups is 1. The fourth-order valence-corrected chi connectivity index (χ4v) is 3.28. The summed E-state index contributed by atoms with van der Waals surface area (Å²) in [6.45, 7) is 0. The van der Waals surface area contributed by atoms with Gasteiger partial charge in [0.25, 0.3) is 5.91 Å². The summed E-state index contributed by atoms with van der Waals surface area (Å²) in [5.41, 5.74) is 1.96. The Labute approximate surface area is 138 Å². The van der Waals surface area contributed by atoms with Crippen LogP contribution in [0.4, 0.5) is 4.39 Å². The van der Waals surface area contributed by atoms with Crippen LogP contribution in [0.1, 0.15) is 36.2 Å². The number of carbonyl (C=O) groups excluding carboxylic acids is 1. The maximum atomic E-state index is 13.5. The highest BCUT2D eigenvalue weighted by molar-refractivity contribution is 6.31. The van der Waals surface area contributed by atoms with E-state index in [4.69, 9.17) is 11.6 Å². The van der Waals surface area contributed by atoms with Crippen LogP contribution >= 0.6 is 11.6 Å². The van der Waals surface area contributed by atoms with Gasteiger partial charge in [-0.15, -0.1) is 0 Å². The second kappa shape index (κ2) is 5.24. The number of nitrogens with one attached hydrogen (secondary N) is 2. The summed E-state index contributed by atoms with van der Waals surface area (Å²) in [6, 6.07) is 4.55. The smallest absolute Gasteiger partial charge is 0.268 e. The van der Waals surface area contributed by atoms with E-state index in [-0.39, 0.29) is 16.5 Å². The van der Waals surface area contributed by atoms with E-state index < -0.39 is 5.82 Å². The average Bonchev–Trinajstić information content (AvgIpc) is 3.22. The Morgan fingerprint density at radius 3 is 2.78 bits per heavy atom. The topological polar surface area (TPSA) is 44.9 Å². The minimum Gasteiger partial charge on any atom is -0.350 e. The molecule has 0 saturated heterocycles. The van der Waals surface area contributed by atoms with Crippen molar-refractivity contribution in [2.24, 2.45) is 0 Å². The molecule has 3 nitrogen and oxygen atoms in total. The molecular formula is C18H16ClFN2O. The van der Waals surface area contributed by atoms with Gasteiger partial charge < -0.3 is 10.3 Å². The lowest BCUT2D eigenvalue weighted by molar-refractivity contribution is 0.0934. The molecule has 2 aliphatic carbocycles. The number of amides is 1. The Bertz CT molecular complexity index is 822. The first kappa shape index (κ1) is 14.5. The van der Waals surface area contributed by atoms with E-state index in [1.165, 1.54) is 17.7 Å². The Hall–Kier alpha value is -2.07. The zero-order valence-corrected chi connectivity index (χ0v) is 13.2. The van der Waals surface area contributed by atoms with Gasteiger partial charge in [0, 0.05) is 10.9 Å². The molecule has 2 aliphatic rings. The number of benzene rings is 1. The highest BCUT2D eigenvalue weighted by atomic mass is 35.5. The summed E-state index contributed by atoms with van der Waals surface area (Å²) in [6.07, 6.45) is 10.4. The number of aromatic amines is 1. The molecule has 1 aromatic carbocycles.